The van der Waals surface area contributed by atoms with Gasteiger partial charge in [-0.15, -0.1) is 0 Å². The van der Waals surface area contributed by atoms with Crippen LogP contribution >= 0.6 is 0 Å². The van der Waals surface area contributed by atoms with Crippen molar-refractivity contribution in [3.63, 3.8) is 0 Å². The Bertz CT molecular complexity index is 1450. The molecule has 1 amide bonds. The molecule has 184 valence electrons. The van der Waals surface area contributed by atoms with Crippen LogP contribution in [0.2, 0.25) is 0 Å². The minimum atomic E-state index is -0.496. The highest BCUT2D eigenvalue weighted by Gasteiger charge is 2.19. The first-order valence-corrected chi connectivity index (χ1v) is 11.0. The van der Waals surface area contributed by atoms with Gasteiger partial charge in [-0.3, -0.25) is 24.1 Å². The topological polar surface area (TPSA) is 154 Å². The van der Waals surface area contributed by atoms with E-state index in [0.717, 1.165) is 11.1 Å². The normalized spacial score (nSPS) is 10.7. The van der Waals surface area contributed by atoms with Crippen LogP contribution in [0.3, 0.4) is 0 Å². The molecule has 0 saturated carbocycles. The van der Waals surface area contributed by atoms with E-state index in [1.54, 1.807) is 34.9 Å². The number of imidazole rings is 1. The number of nitrogens with one attached hydrogen (secondary N) is 2. The van der Waals surface area contributed by atoms with Gasteiger partial charge in [-0.2, -0.15) is 0 Å². The monoisotopic (exact) mass is 488 g/mol. The Kier molecular flexibility index (Phi) is 7.21. The van der Waals surface area contributed by atoms with Gasteiger partial charge in [0.1, 0.15) is 23.7 Å². The van der Waals surface area contributed by atoms with Gasteiger partial charge in [0.15, 0.2) is 0 Å². The highest BCUT2D eigenvalue weighted by molar-refractivity contribution is 5.95. The SMILES string of the molecule is COC(=O)CNc1c(-c2cccc([N+](=O)[O-])c2)nc2cc(C(=O)NCc3cccc(CN)c3)ccn12. The van der Waals surface area contributed by atoms with E-state index in [1.165, 1.54) is 19.2 Å². The average molecular weight is 489 g/mol. The van der Waals surface area contributed by atoms with Gasteiger partial charge in [-0.25, -0.2) is 4.98 Å². The van der Waals surface area contributed by atoms with E-state index in [0.29, 0.717) is 41.4 Å². The Balaban J connectivity index is 1.66. The lowest BCUT2D eigenvalue weighted by atomic mass is 10.1. The second kappa shape index (κ2) is 10.7. The molecule has 0 spiro atoms. The number of carbonyl (C=O) groups excluding carboxylic acids is 2. The molecule has 0 bridgehead atoms. The number of nitrogens with zero attached hydrogens (tertiary/aromatic N) is 3. The van der Waals surface area contributed by atoms with E-state index in [9.17, 15) is 19.7 Å². The second-order valence-electron chi connectivity index (χ2n) is 7.90. The van der Waals surface area contributed by atoms with E-state index in [1.807, 2.05) is 24.3 Å². The number of ether oxygens (including phenoxy) is 1. The molecule has 0 radical (unpaired) electrons. The van der Waals surface area contributed by atoms with Gasteiger partial charge >= 0.3 is 5.97 Å². The number of hydrogen-bond donors (Lipinski definition) is 3. The number of fused-ring (bicyclic) bond motifs is 1. The molecular weight excluding hydrogens is 464 g/mol. The lowest BCUT2D eigenvalue weighted by molar-refractivity contribution is -0.384. The fourth-order valence-corrected chi connectivity index (χ4v) is 3.70. The van der Waals surface area contributed by atoms with Crippen molar-refractivity contribution in [2.45, 2.75) is 13.1 Å². The zero-order valence-electron chi connectivity index (χ0n) is 19.4. The molecule has 4 rings (SSSR count). The van der Waals surface area contributed by atoms with Crippen molar-refractivity contribution in [1.29, 1.82) is 0 Å². The van der Waals surface area contributed by atoms with E-state index in [-0.39, 0.29) is 18.1 Å². The van der Waals surface area contributed by atoms with Crippen LogP contribution in [0.15, 0.2) is 66.9 Å². The summed E-state index contributed by atoms with van der Waals surface area (Å²) >= 11 is 0. The third kappa shape index (κ3) is 5.31. The van der Waals surface area contributed by atoms with Gasteiger partial charge < -0.3 is 21.1 Å². The van der Waals surface area contributed by atoms with Crippen molar-refractivity contribution in [2.24, 2.45) is 5.73 Å². The number of nitro groups is 1. The number of carbonyl (C=O) groups is 2. The molecule has 2 heterocycles. The molecular formula is C25H24N6O5. The molecule has 0 aliphatic rings. The molecule has 2 aromatic carbocycles. The standard InChI is InChI=1S/C25H24N6O5/c1-36-22(32)15-27-24-23(18-6-3-7-20(11-18)31(34)35)29-21-12-19(8-9-30(21)24)25(33)28-14-17-5-2-4-16(10-17)13-26/h2-12,27H,13-15,26H2,1H3,(H,28,33). The Morgan fingerprint density at radius 1 is 1.11 bits per heavy atom. The first-order chi connectivity index (χ1) is 17.4. The number of nitro benzene ring substituents is 1. The van der Waals surface area contributed by atoms with Crippen LogP contribution < -0.4 is 16.4 Å². The molecule has 0 aliphatic carbocycles. The van der Waals surface area contributed by atoms with Crippen molar-refractivity contribution >= 4 is 29.0 Å². The number of esters is 1. The Morgan fingerprint density at radius 2 is 1.89 bits per heavy atom. The minimum Gasteiger partial charge on any atom is -0.468 e. The van der Waals surface area contributed by atoms with E-state index < -0.39 is 10.9 Å². The number of anilines is 1. The van der Waals surface area contributed by atoms with E-state index >= 15 is 0 Å². The predicted octanol–water partition coefficient (Wildman–Crippen LogP) is 2.88. The second-order valence-corrected chi connectivity index (χ2v) is 7.90. The fourth-order valence-electron chi connectivity index (χ4n) is 3.70. The molecule has 0 atom stereocenters. The number of amides is 1. The van der Waals surface area contributed by atoms with Crippen molar-refractivity contribution in [2.75, 3.05) is 19.0 Å². The summed E-state index contributed by atoms with van der Waals surface area (Å²) in [6.07, 6.45) is 1.65. The molecule has 36 heavy (non-hydrogen) atoms. The maximum absolute atomic E-state index is 12.8. The number of benzene rings is 2. The van der Waals surface area contributed by atoms with Crippen molar-refractivity contribution in [3.05, 3.63) is 93.7 Å². The number of hydrogen-bond acceptors (Lipinski definition) is 8. The molecule has 0 saturated heterocycles. The summed E-state index contributed by atoms with van der Waals surface area (Å²) in [6, 6.07) is 16.9. The highest BCUT2D eigenvalue weighted by Crippen LogP contribution is 2.31. The van der Waals surface area contributed by atoms with Crippen molar-refractivity contribution in [3.8, 4) is 11.3 Å². The molecule has 0 unspecified atom stereocenters. The van der Waals surface area contributed by atoms with Gasteiger partial charge in [0.05, 0.1) is 12.0 Å². The van der Waals surface area contributed by atoms with Crippen LogP contribution in [0.25, 0.3) is 16.9 Å². The average Bonchev–Trinajstić information content (AvgIpc) is 3.28. The number of rotatable bonds is 9. The first kappa shape index (κ1) is 24.4. The van der Waals surface area contributed by atoms with E-state index in [4.69, 9.17) is 10.5 Å². The maximum Gasteiger partial charge on any atom is 0.325 e. The summed E-state index contributed by atoms with van der Waals surface area (Å²) in [5.41, 5.74) is 9.15. The third-order valence-electron chi connectivity index (χ3n) is 5.53. The summed E-state index contributed by atoms with van der Waals surface area (Å²) in [6.45, 7) is 0.602. The van der Waals surface area contributed by atoms with Gasteiger partial charge in [0, 0.05) is 42.5 Å². The zero-order valence-corrected chi connectivity index (χ0v) is 19.4. The quantitative estimate of drug-likeness (QED) is 0.185. The smallest absolute Gasteiger partial charge is 0.325 e. The number of aromatic nitrogens is 2. The molecule has 4 N–H and O–H groups in total. The lowest BCUT2D eigenvalue weighted by Gasteiger charge is -2.09. The van der Waals surface area contributed by atoms with Crippen LogP contribution in [0.1, 0.15) is 21.5 Å². The number of non-ortho nitro benzene ring substituents is 1. The van der Waals surface area contributed by atoms with Crippen LogP contribution in [0, 0.1) is 10.1 Å². The maximum atomic E-state index is 12.8. The van der Waals surface area contributed by atoms with Crippen LogP contribution in [-0.2, 0) is 22.6 Å². The predicted molar refractivity (Wildman–Crippen MR) is 133 cm³/mol. The minimum absolute atomic E-state index is 0.0951. The van der Waals surface area contributed by atoms with Gasteiger partial charge in [-0.1, -0.05) is 36.4 Å². The number of pyridine rings is 1. The Morgan fingerprint density at radius 3 is 2.64 bits per heavy atom. The number of nitrogens with two attached hydrogens (primary N) is 1. The molecule has 11 heteroatoms. The van der Waals surface area contributed by atoms with Gasteiger partial charge in [0.2, 0.25) is 0 Å². The van der Waals surface area contributed by atoms with Crippen LogP contribution in [0.5, 0.6) is 0 Å². The summed E-state index contributed by atoms with van der Waals surface area (Å²) in [5, 5.41) is 17.1. The Hall–Kier alpha value is -4.77. The van der Waals surface area contributed by atoms with E-state index in [2.05, 4.69) is 15.6 Å². The van der Waals surface area contributed by atoms with Crippen LogP contribution in [0.4, 0.5) is 11.5 Å². The number of methoxy groups -OCH3 is 1. The zero-order chi connectivity index (χ0) is 25.7. The van der Waals surface area contributed by atoms with Crippen molar-refractivity contribution in [1.82, 2.24) is 14.7 Å². The van der Waals surface area contributed by atoms with Gasteiger partial charge in [0.25, 0.3) is 11.6 Å². The highest BCUT2D eigenvalue weighted by atomic mass is 16.6. The Labute approximate surface area is 206 Å². The molecule has 11 nitrogen and oxygen atoms in total. The summed E-state index contributed by atoms with van der Waals surface area (Å²) < 4.78 is 6.37. The molecule has 4 aromatic rings. The lowest BCUT2D eigenvalue weighted by Crippen LogP contribution is -2.23. The fraction of sp³-hybridized carbons (Fsp3) is 0.160. The largest absolute Gasteiger partial charge is 0.468 e. The van der Waals surface area contributed by atoms with Crippen LogP contribution in [-0.4, -0.2) is 39.8 Å². The summed E-state index contributed by atoms with van der Waals surface area (Å²) in [7, 11) is 1.27. The molecule has 0 aliphatic heterocycles. The third-order valence-corrected chi connectivity index (χ3v) is 5.53. The van der Waals surface area contributed by atoms with Crippen molar-refractivity contribution < 1.29 is 19.2 Å². The van der Waals surface area contributed by atoms with Gasteiger partial charge in [-0.05, 0) is 23.3 Å². The molecule has 0 fully saturated rings. The molecule has 2 aromatic heterocycles. The summed E-state index contributed by atoms with van der Waals surface area (Å²) in [5.74, 6) is -0.356. The first-order valence-electron chi connectivity index (χ1n) is 11.0. The summed E-state index contributed by atoms with van der Waals surface area (Å²) in [4.78, 5) is 39.9.